The van der Waals surface area contributed by atoms with Crippen LogP contribution in [0.15, 0.2) is 6.33 Å². The number of aromatic amines is 1. The predicted molar refractivity (Wildman–Crippen MR) is 82.5 cm³/mol. The van der Waals surface area contributed by atoms with E-state index in [4.69, 9.17) is 0 Å². The highest BCUT2D eigenvalue weighted by molar-refractivity contribution is 5.84. The van der Waals surface area contributed by atoms with Gasteiger partial charge in [-0.25, -0.2) is 4.98 Å². The minimum Gasteiger partial charge on any atom is -0.394 e. The normalized spacial score (nSPS) is 19.1. The van der Waals surface area contributed by atoms with Gasteiger partial charge >= 0.3 is 0 Å². The van der Waals surface area contributed by atoms with E-state index in [2.05, 4.69) is 37.1 Å². The Kier molecular flexibility index (Phi) is 4.19. The highest BCUT2D eigenvalue weighted by atomic mass is 16.3. The number of hydrogen-bond acceptors (Lipinski definition) is 6. The summed E-state index contributed by atoms with van der Waals surface area (Å²) in [6.45, 7) is 3.99. The lowest BCUT2D eigenvalue weighted by Gasteiger charge is -2.35. The van der Waals surface area contributed by atoms with Crippen LogP contribution in [0.4, 0.5) is 11.8 Å². The number of rotatable bonds is 5. The van der Waals surface area contributed by atoms with Crippen molar-refractivity contribution in [3.8, 4) is 0 Å². The van der Waals surface area contributed by atoms with Crippen LogP contribution in [0.2, 0.25) is 0 Å². The summed E-state index contributed by atoms with van der Waals surface area (Å²) in [5.74, 6) is 1.45. The molecule has 114 valence electrons. The molecule has 0 bridgehead atoms. The molecule has 7 nitrogen and oxygen atoms in total. The molecule has 0 aliphatic carbocycles. The third-order valence-electron chi connectivity index (χ3n) is 3.91. The Hall–Kier alpha value is -1.89. The van der Waals surface area contributed by atoms with Crippen LogP contribution in [0.3, 0.4) is 0 Å². The van der Waals surface area contributed by atoms with Gasteiger partial charge in [-0.05, 0) is 25.7 Å². The standard InChI is InChI=1S/C14H22N6O/c1-2-6-15-14-18-12-11(16-9-17-12)13(19-14)20-7-4-3-5-10(20)8-21/h9-10,21H,2-8H2,1H3,(H2,15,16,17,18,19). The lowest BCUT2D eigenvalue weighted by molar-refractivity contribution is 0.239. The number of aliphatic hydroxyl groups is 1. The van der Waals surface area contributed by atoms with Gasteiger partial charge in [0, 0.05) is 13.1 Å². The number of aromatic nitrogens is 4. The van der Waals surface area contributed by atoms with Gasteiger partial charge in [-0.1, -0.05) is 6.92 Å². The summed E-state index contributed by atoms with van der Waals surface area (Å²) in [5, 5.41) is 12.9. The molecule has 3 rings (SSSR count). The Morgan fingerprint density at radius 2 is 2.33 bits per heavy atom. The monoisotopic (exact) mass is 290 g/mol. The van der Waals surface area contributed by atoms with E-state index in [1.807, 2.05) is 0 Å². The zero-order chi connectivity index (χ0) is 14.7. The second kappa shape index (κ2) is 6.26. The molecule has 1 atom stereocenters. The van der Waals surface area contributed by atoms with Gasteiger partial charge in [0.2, 0.25) is 5.95 Å². The van der Waals surface area contributed by atoms with E-state index in [1.165, 1.54) is 0 Å². The maximum atomic E-state index is 9.63. The minimum absolute atomic E-state index is 0.124. The molecule has 7 heteroatoms. The van der Waals surface area contributed by atoms with Gasteiger partial charge in [0.15, 0.2) is 11.5 Å². The average molecular weight is 290 g/mol. The van der Waals surface area contributed by atoms with Crippen LogP contribution in [-0.4, -0.2) is 50.8 Å². The SMILES string of the molecule is CCCNc1nc(N2CCCCC2CO)c2[nH]cnc2n1. The van der Waals surface area contributed by atoms with Crippen LogP contribution in [0, 0.1) is 0 Å². The molecule has 1 fully saturated rings. The molecule has 3 heterocycles. The quantitative estimate of drug-likeness (QED) is 0.773. The number of hydrogen-bond donors (Lipinski definition) is 3. The first-order chi connectivity index (χ1) is 10.3. The van der Waals surface area contributed by atoms with E-state index in [-0.39, 0.29) is 12.6 Å². The van der Waals surface area contributed by atoms with Crippen LogP contribution in [0.5, 0.6) is 0 Å². The van der Waals surface area contributed by atoms with Crippen molar-refractivity contribution in [1.82, 2.24) is 19.9 Å². The third-order valence-corrected chi connectivity index (χ3v) is 3.91. The van der Waals surface area contributed by atoms with Crippen molar-refractivity contribution in [2.24, 2.45) is 0 Å². The first-order valence-electron chi connectivity index (χ1n) is 7.66. The van der Waals surface area contributed by atoms with Crippen molar-refractivity contribution in [3.63, 3.8) is 0 Å². The lowest BCUT2D eigenvalue weighted by Crippen LogP contribution is -2.42. The largest absolute Gasteiger partial charge is 0.394 e. The van der Waals surface area contributed by atoms with E-state index >= 15 is 0 Å². The number of anilines is 2. The van der Waals surface area contributed by atoms with Gasteiger partial charge in [-0.15, -0.1) is 0 Å². The number of nitrogens with zero attached hydrogens (tertiary/aromatic N) is 4. The van der Waals surface area contributed by atoms with Crippen LogP contribution >= 0.6 is 0 Å². The van der Waals surface area contributed by atoms with Gasteiger partial charge in [0.1, 0.15) is 5.52 Å². The Morgan fingerprint density at radius 3 is 3.14 bits per heavy atom. The van der Waals surface area contributed by atoms with Gasteiger partial charge in [-0.3, -0.25) is 0 Å². The van der Waals surface area contributed by atoms with Gasteiger partial charge in [-0.2, -0.15) is 9.97 Å². The van der Waals surface area contributed by atoms with Gasteiger partial charge in [0.25, 0.3) is 0 Å². The fourth-order valence-electron chi connectivity index (χ4n) is 2.81. The summed E-state index contributed by atoms with van der Waals surface area (Å²) in [6, 6.07) is 0.124. The molecule has 1 saturated heterocycles. The minimum atomic E-state index is 0.124. The molecule has 0 aromatic carbocycles. The maximum Gasteiger partial charge on any atom is 0.226 e. The summed E-state index contributed by atoms with van der Waals surface area (Å²) < 4.78 is 0. The highest BCUT2D eigenvalue weighted by Crippen LogP contribution is 2.28. The molecule has 2 aromatic heterocycles. The third kappa shape index (κ3) is 2.78. The molecule has 1 aliphatic heterocycles. The summed E-state index contributed by atoms with van der Waals surface area (Å²) >= 11 is 0. The molecular formula is C14H22N6O. The summed E-state index contributed by atoms with van der Waals surface area (Å²) in [5.41, 5.74) is 1.51. The molecule has 0 spiro atoms. The molecule has 1 unspecified atom stereocenters. The number of aliphatic hydroxyl groups excluding tert-OH is 1. The van der Waals surface area contributed by atoms with Crippen molar-refractivity contribution in [3.05, 3.63) is 6.33 Å². The molecule has 0 amide bonds. The fourth-order valence-corrected chi connectivity index (χ4v) is 2.81. The average Bonchev–Trinajstić information content (AvgIpc) is 3.00. The smallest absolute Gasteiger partial charge is 0.226 e. The van der Waals surface area contributed by atoms with Crippen LogP contribution in [0.25, 0.3) is 11.2 Å². The number of fused-ring (bicyclic) bond motifs is 1. The van der Waals surface area contributed by atoms with E-state index in [1.54, 1.807) is 6.33 Å². The summed E-state index contributed by atoms with van der Waals surface area (Å²) in [4.78, 5) is 18.6. The van der Waals surface area contributed by atoms with E-state index in [0.29, 0.717) is 11.6 Å². The van der Waals surface area contributed by atoms with Crippen molar-refractivity contribution < 1.29 is 5.11 Å². The first kappa shape index (κ1) is 14.1. The Bertz CT molecular complexity index is 598. The maximum absolute atomic E-state index is 9.63. The van der Waals surface area contributed by atoms with Crippen LogP contribution < -0.4 is 10.2 Å². The Labute approximate surface area is 123 Å². The number of nitrogens with one attached hydrogen (secondary N) is 2. The lowest BCUT2D eigenvalue weighted by atomic mass is 10.0. The Morgan fingerprint density at radius 1 is 1.43 bits per heavy atom. The molecule has 2 aromatic rings. The highest BCUT2D eigenvalue weighted by Gasteiger charge is 2.26. The molecule has 3 N–H and O–H groups in total. The van der Waals surface area contributed by atoms with E-state index in [9.17, 15) is 5.11 Å². The topological polar surface area (TPSA) is 90.0 Å². The van der Waals surface area contributed by atoms with E-state index in [0.717, 1.165) is 50.1 Å². The number of piperidine rings is 1. The van der Waals surface area contributed by atoms with Crippen molar-refractivity contribution >= 4 is 22.9 Å². The number of H-pyrrole nitrogens is 1. The van der Waals surface area contributed by atoms with Crippen LogP contribution in [-0.2, 0) is 0 Å². The van der Waals surface area contributed by atoms with Gasteiger partial charge < -0.3 is 20.3 Å². The van der Waals surface area contributed by atoms with Crippen molar-refractivity contribution in [1.29, 1.82) is 0 Å². The zero-order valence-electron chi connectivity index (χ0n) is 12.3. The first-order valence-corrected chi connectivity index (χ1v) is 7.66. The Balaban J connectivity index is 2.00. The second-order valence-corrected chi connectivity index (χ2v) is 5.42. The second-order valence-electron chi connectivity index (χ2n) is 5.42. The van der Waals surface area contributed by atoms with E-state index < -0.39 is 0 Å². The molecular weight excluding hydrogens is 268 g/mol. The van der Waals surface area contributed by atoms with Crippen molar-refractivity contribution in [2.75, 3.05) is 29.9 Å². The van der Waals surface area contributed by atoms with Crippen LogP contribution in [0.1, 0.15) is 32.6 Å². The van der Waals surface area contributed by atoms with Gasteiger partial charge in [0.05, 0.1) is 19.0 Å². The molecule has 21 heavy (non-hydrogen) atoms. The molecule has 0 saturated carbocycles. The summed E-state index contributed by atoms with van der Waals surface area (Å²) in [6.07, 6.45) is 5.92. The number of imidazole rings is 1. The zero-order valence-corrected chi connectivity index (χ0v) is 12.3. The molecule has 1 aliphatic rings. The fraction of sp³-hybridized carbons (Fsp3) is 0.643. The summed E-state index contributed by atoms with van der Waals surface area (Å²) in [7, 11) is 0. The predicted octanol–water partition coefficient (Wildman–Crippen LogP) is 1.53. The van der Waals surface area contributed by atoms with Crippen molar-refractivity contribution in [2.45, 2.75) is 38.6 Å². The molecule has 0 radical (unpaired) electrons.